The Bertz CT molecular complexity index is 518. The molecule has 0 spiro atoms. The third-order valence-corrected chi connectivity index (χ3v) is 4.00. The molecule has 2 aromatic rings. The maximum absolute atomic E-state index is 10.4. The zero-order valence-electron chi connectivity index (χ0n) is 12.1. The number of carbonyl (C=O) groups excluding carboxylic acids is 1. The molecule has 19 heavy (non-hydrogen) atoms. The molecule has 0 aliphatic heterocycles. The monoisotopic (exact) mass is 278 g/mol. The van der Waals surface area contributed by atoms with Crippen LogP contribution < -0.4 is 5.32 Å². The lowest BCUT2D eigenvalue weighted by Crippen LogP contribution is -1.94. The summed E-state index contributed by atoms with van der Waals surface area (Å²) < 4.78 is 1.14. The van der Waals surface area contributed by atoms with Crippen molar-refractivity contribution in [2.45, 2.75) is 46.5 Å². The molecule has 0 radical (unpaired) electrons. The molecule has 1 heterocycles. The lowest BCUT2D eigenvalue weighted by molar-refractivity contribution is -0.105. The number of hydrogen-bond donors (Lipinski definition) is 1. The number of aromatic nitrogens is 1. The largest absolute Gasteiger partial charge is 0.305 e. The highest BCUT2D eigenvalue weighted by atomic mass is 32.1. The summed E-state index contributed by atoms with van der Waals surface area (Å²) in [6.07, 6.45) is 2.97. The molecule has 0 atom stereocenters. The Balaban J connectivity index is 0.000000861. The van der Waals surface area contributed by atoms with Crippen LogP contribution in [-0.2, 0) is 4.79 Å². The maximum Gasteiger partial charge on any atom is 0.213 e. The Morgan fingerprint density at radius 1 is 1.32 bits per heavy atom. The maximum atomic E-state index is 10.4. The van der Waals surface area contributed by atoms with E-state index < -0.39 is 0 Å². The number of thiazole rings is 1. The Hall–Kier alpha value is -1.42. The number of fused-ring (bicyclic) bond motifs is 1. The Labute approximate surface area is 119 Å². The van der Waals surface area contributed by atoms with Crippen LogP contribution in [0.3, 0.4) is 0 Å². The average molecular weight is 278 g/mol. The van der Waals surface area contributed by atoms with Crippen LogP contribution in [0, 0.1) is 0 Å². The number of amides is 1. The molecule has 2 rings (SSSR count). The SMILES string of the molecule is CC.CCC(CC)c1ccc2nc(NC=O)sc2c1. The minimum Gasteiger partial charge on any atom is -0.305 e. The molecular weight excluding hydrogens is 256 g/mol. The number of nitrogens with one attached hydrogen (secondary N) is 1. The van der Waals surface area contributed by atoms with Crippen LogP contribution in [0.2, 0.25) is 0 Å². The van der Waals surface area contributed by atoms with Gasteiger partial charge >= 0.3 is 0 Å². The molecule has 0 bridgehead atoms. The first-order valence-electron chi connectivity index (χ1n) is 6.89. The van der Waals surface area contributed by atoms with Crippen molar-refractivity contribution in [2.75, 3.05) is 5.32 Å². The summed E-state index contributed by atoms with van der Waals surface area (Å²) in [6.45, 7) is 8.43. The zero-order chi connectivity index (χ0) is 14.3. The number of hydrogen-bond acceptors (Lipinski definition) is 3. The van der Waals surface area contributed by atoms with Gasteiger partial charge in [-0.3, -0.25) is 4.79 Å². The van der Waals surface area contributed by atoms with Crippen LogP contribution in [0.25, 0.3) is 10.2 Å². The summed E-state index contributed by atoms with van der Waals surface area (Å²) in [5.41, 5.74) is 2.32. The van der Waals surface area contributed by atoms with Crippen LogP contribution in [0.15, 0.2) is 18.2 Å². The van der Waals surface area contributed by atoms with E-state index >= 15 is 0 Å². The average Bonchev–Trinajstić information content (AvgIpc) is 2.84. The smallest absolute Gasteiger partial charge is 0.213 e. The first-order chi connectivity index (χ1) is 9.28. The van der Waals surface area contributed by atoms with Gasteiger partial charge in [0.2, 0.25) is 6.41 Å². The Kier molecular flexibility index (Phi) is 6.50. The van der Waals surface area contributed by atoms with Crippen molar-refractivity contribution in [1.82, 2.24) is 4.98 Å². The van der Waals surface area contributed by atoms with Crippen molar-refractivity contribution in [1.29, 1.82) is 0 Å². The van der Waals surface area contributed by atoms with Gasteiger partial charge in [-0.05, 0) is 36.5 Å². The lowest BCUT2D eigenvalue weighted by atomic mass is 9.94. The summed E-state index contributed by atoms with van der Waals surface area (Å²) in [5.74, 6) is 0.615. The number of benzene rings is 1. The summed E-state index contributed by atoms with van der Waals surface area (Å²) in [5, 5.41) is 3.26. The van der Waals surface area contributed by atoms with Gasteiger partial charge in [-0.2, -0.15) is 0 Å². The van der Waals surface area contributed by atoms with Crippen LogP contribution in [-0.4, -0.2) is 11.4 Å². The molecule has 1 aromatic heterocycles. The van der Waals surface area contributed by atoms with E-state index in [4.69, 9.17) is 0 Å². The highest BCUT2D eigenvalue weighted by Crippen LogP contribution is 2.30. The van der Waals surface area contributed by atoms with Crippen LogP contribution in [0.5, 0.6) is 0 Å². The molecule has 3 nitrogen and oxygen atoms in total. The van der Waals surface area contributed by atoms with E-state index in [2.05, 4.69) is 36.3 Å². The van der Waals surface area contributed by atoms with Gasteiger partial charge in [-0.1, -0.05) is 45.1 Å². The topological polar surface area (TPSA) is 42.0 Å². The van der Waals surface area contributed by atoms with Crippen LogP contribution in [0.1, 0.15) is 52.0 Å². The fourth-order valence-corrected chi connectivity index (χ4v) is 2.94. The quantitative estimate of drug-likeness (QED) is 0.799. The fourth-order valence-electron chi connectivity index (χ4n) is 2.07. The summed E-state index contributed by atoms with van der Waals surface area (Å²) in [4.78, 5) is 14.7. The molecule has 0 saturated carbocycles. The molecule has 104 valence electrons. The van der Waals surface area contributed by atoms with Gasteiger partial charge in [0, 0.05) is 0 Å². The third kappa shape index (κ3) is 3.77. The Morgan fingerprint density at radius 2 is 2.00 bits per heavy atom. The summed E-state index contributed by atoms with van der Waals surface area (Å²) >= 11 is 1.52. The van der Waals surface area contributed by atoms with Crippen molar-refractivity contribution >= 4 is 33.1 Å². The van der Waals surface area contributed by atoms with Gasteiger partial charge in [0.1, 0.15) is 0 Å². The van der Waals surface area contributed by atoms with E-state index in [9.17, 15) is 4.79 Å². The zero-order valence-corrected chi connectivity index (χ0v) is 12.9. The molecule has 0 aliphatic rings. The minimum absolute atomic E-state index is 0.615. The molecule has 0 aliphatic carbocycles. The molecule has 0 unspecified atom stereocenters. The van der Waals surface area contributed by atoms with Crippen LogP contribution in [0.4, 0.5) is 5.13 Å². The molecule has 1 N–H and O–H groups in total. The van der Waals surface area contributed by atoms with E-state index in [0.29, 0.717) is 17.5 Å². The first kappa shape index (κ1) is 15.6. The lowest BCUT2D eigenvalue weighted by Gasteiger charge is -2.12. The van der Waals surface area contributed by atoms with Crippen molar-refractivity contribution in [3.8, 4) is 0 Å². The van der Waals surface area contributed by atoms with Crippen LogP contribution >= 0.6 is 11.3 Å². The predicted octanol–water partition coefficient (Wildman–Crippen LogP) is 4.79. The van der Waals surface area contributed by atoms with Gasteiger partial charge in [0.15, 0.2) is 5.13 Å². The van der Waals surface area contributed by atoms with Crippen molar-refractivity contribution in [3.05, 3.63) is 23.8 Å². The number of carbonyl (C=O) groups is 1. The fraction of sp³-hybridized carbons (Fsp3) is 0.467. The second kappa shape index (κ2) is 7.89. The van der Waals surface area contributed by atoms with Gasteiger partial charge in [0.25, 0.3) is 0 Å². The van der Waals surface area contributed by atoms with E-state index in [1.165, 1.54) is 16.9 Å². The van der Waals surface area contributed by atoms with Crippen molar-refractivity contribution in [3.63, 3.8) is 0 Å². The van der Waals surface area contributed by atoms with E-state index in [1.807, 2.05) is 19.9 Å². The normalized spacial score (nSPS) is 10.2. The van der Waals surface area contributed by atoms with Crippen molar-refractivity contribution < 1.29 is 4.79 Å². The second-order valence-electron chi connectivity index (χ2n) is 4.02. The molecule has 0 saturated heterocycles. The standard InChI is InChI=1S/C13H16N2OS.C2H6/c1-3-9(4-2)10-5-6-11-12(7-10)17-13(15-11)14-8-16;1-2/h5-9H,3-4H2,1-2H3,(H,14,15,16);1-2H3. The number of rotatable bonds is 5. The number of anilines is 1. The Morgan fingerprint density at radius 3 is 2.58 bits per heavy atom. The minimum atomic E-state index is 0.615. The predicted molar refractivity (Wildman–Crippen MR) is 84.0 cm³/mol. The highest BCUT2D eigenvalue weighted by Gasteiger charge is 2.09. The molecule has 1 aromatic carbocycles. The van der Waals surface area contributed by atoms with Gasteiger partial charge < -0.3 is 5.32 Å². The molecule has 1 amide bonds. The first-order valence-corrected chi connectivity index (χ1v) is 7.70. The molecule has 0 fully saturated rings. The van der Waals surface area contributed by atoms with E-state index in [1.54, 1.807) is 0 Å². The highest BCUT2D eigenvalue weighted by molar-refractivity contribution is 7.22. The van der Waals surface area contributed by atoms with E-state index in [0.717, 1.165) is 23.1 Å². The second-order valence-corrected chi connectivity index (χ2v) is 5.05. The van der Waals surface area contributed by atoms with Gasteiger partial charge in [-0.25, -0.2) is 4.98 Å². The summed E-state index contributed by atoms with van der Waals surface area (Å²) in [7, 11) is 0. The third-order valence-electron chi connectivity index (χ3n) is 3.05. The van der Waals surface area contributed by atoms with Crippen molar-refractivity contribution in [2.24, 2.45) is 0 Å². The van der Waals surface area contributed by atoms with Gasteiger partial charge in [-0.15, -0.1) is 0 Å². The number of nitrogens with zero attached hydrogens (tertiary/aromatic N) is 1. The van der Waals surface area contributed by atoms with Gasteiger partial charge in [0.05, 0.1) is 10.2 Å². The summed E-state index contributed by atoms with van der Waals surface area (Å²) in [6, 6.07) is 6.38. The molecular formula is C15H22N2OS. The molecule has 4 heteroatoms. The van der Waals surface area contributed by atoms with E-state index in [-0.39, 0.29) is 0 Å².